The van der Waals surface area contributed by atoms with Gasteiger partial charge in [0.1, 0.15) is 5.75 Å². The fourth-order valence-electron chi connectivity index (χ4n) is 3.32. The lowest BCUT2D eigenvalue weighted by Crippen LogP contribution is -2.34. The van der Waals surface area contributed by atoms with E-state index in [9.17, 15) is 0 Å². The van der Waals surface area contributed by atoms with E-state index in [2.05, 4.69) is 37.0 Å². The van der Waals surface area contributed by atoms with Gasteiger partial charge in [0.2, 0.25) is 5.88 Å². The zero-order valence-electron chi connectivity index (χ0n) is 14.5. The topological polar surface area (TPSA) is 64.0 Å². The number of rotatable bonds is 5. The molecule has 0 N–H and O–H groups in total. The van der Waals surface area contributed by atoms with Crippen molar-refractivity contribution in [1.82, 2.24) is 24.8 Å². The predicted octanol–water partition coefficient (Wildman–Crippen LogP) is 3.44. The lowest BCUT2D eigenvalue weighted by Gasteiger charge is -2.32. The van der Waals surface area contributed by atoms with Crippen molar-refractivity contribution in [3.8, 4) is 11.6 Å². The Bertz CT molecular complexity index is 828. The first-order valence-corrected chi connectivity index (χ1v) is 8.88. The van der Waals surface area contributed by atoms with Crippen molar-refractivity contribution >= 4 is 0 Å². The summed E-state index contributed by atoms with van der Waals surface area (Å²) >= 11 is 0. The number of pyridine rings is 2. The monoisotopic (exact) mass is 347 g/mol. The Hall–Kier alpha value is -2.86. The average molecular weight is 347 g/mol. The number of piperidine rings is 1. The summed E-state index contributed by atoms with van der Waals surface area (Å²) in [4.78, 5) is 19.6. The summed E-state index contributed by atoms with van der Waals surface area (Å²) in [6.45, 7) is 3.03. The molecule has 0 radical (unpaired) electrons. The molecule has 1 aliphatic heterocycles. The number of ether oxygens (including phenoxy) is 1. The van der Waals surface area contributed by atoms with Crippen molar-refractivity contribution in [2.24, 2.45) is 0 Å². The molecule has 6 heteroatoms. The smallest absolute Gasteiger partial charge is 0.238 e. The summed E-state index contributed by atoms with van der Waals surface area (Å²) in [5.41, 5.74) is 2.28. The van der Waals surface area contributed by atoms with E-state index in [1.165, 1.54) is 5.56 Å². The molecule has 6 nitrogen and oxygen atoms in total. The van der Waals surface area contributed by atoms with Crippen LogP contribution in [-0.2, 0) is 6.54 Å². The minimum atomic E-state index is 0.371. The Balaban J connectivity index is 1.44. The first kappa shape index (κ1) is 16.6. The summed E-state index contributed by atoms with van der Waals surface area (Å²) in [6, 6.07) is 7.85. The molecule has 1 aliphatic rings. The van der Waals surface area contributed by atoms with Gasteiger partial charge in [-0.2, -0.15) is 0 Å². The molecule has 0 aliphatic carbocycles. The van der Waals surface area contributed by atoms with Crippen LogP contribution < -0.4 is 4.74 Å². The normalized spacial score (nSPS) is 17.8. The van der Waals surface area contributed by atoms with Gasteiger partial charge in [-0.05, 0) is 49.2 Å². The second kappa shape index (κ2) is 8.01. The molecule has 0 spiro atoms. The predicted molar refractivity (Wildman–Crippen MR) is 97.8 cm³/mol. The van der Waals surface area contributed by atoms with Crippen molar-refractivity contribution in [3.05, 3.63) is 72.7 Å². The average Bonchev–Trinajstić information content (AvgIpc) is 2.70. The maximum absolute atomic E-state index is 5.78. The fraction of sp³-hybridized carbons (Fsp3) is 0.300. The van der Waals surface area contributed by atoms with Crippen LogP contribution in [-0.4, -0.2) is 37.9 Å². The van der Waals surface area contributed by atoms with Crippen molar-refractivity contribution in [2.45, 2.75) is 25.3 Å². The second-order valence-electron chi connectivity index (χ2n) is 6.50. The Kier molecular flexibility index (Phi) is 5.12. The fourth-order valence-corrected chi connectivity index (χ4v) is 3.32. The van der Waals surface area contributed by atoms with E-state index in [0.29, 0.717) is 17.5 Å². The summed E-state index contributed by atoms with van der Waals surface area (Å²) in [5.74, 6) is 1.55. The third-order valence-corrected chi connectivity index (χ3v) is 4.57. The summed E-state index contributed by atoms with van der Waals surface area (Å²) in [5, 5.41) is 0. The molecule has 3 aromatic rings. The molecule has 4 heterocycles. The Morgan fingerprint density at radius 3 is 2.77 bits per heavy atom. The van der Waals surface area contributed by atoms with Gasteiger partial charge in [-0.25, -0.2) is 4.98 Å². The van der Waals surface area contributed by atoms with Gasteiger partial charge in [0, 0.05) is 43.8 Å². The van der Waals surface area contributed by atoms with Gasteiger partial charge < -0.3 is 4.74 Å². The molecule has 0 saturated carbocycles. The Labute approximate surface area is 152 Å². The number of hydrogen-bond acceptors (Lipinski definition) is 6. The summed E-state index contributed by atoms with van der Waals surface area (Å²) < 4.78 is 5.78. The molecule has 0 aromatic carbocycles. The van der Waals surface area contributed by atoms with E-state index in [1.54, 1.807) is 18.6 Å². The highest BCUT2D eigenvalue weighted by atomic mass is 16.5. The molecular formula is C20H21N5O. The van der Waals surface area contributed by atoms with E-state index >= 15 is 0 Å². The first-order valence-electron chi connectivity index (χ1n) is 8.88. The zero-order chi connectivity index (χ0) is 17.6. The molecule has 0 amide bonds. The van der Waals surface area contributed by atoms with Crippen LogP contribution in [0.1, 0.15) is 30.0 Å². The zero-order valence-corrected chi connectivity index (χ0v) is 14.5. The van der Waals surface area contributed by atoms with Crippen LogP contribution in [0.25, 0.3) is 0 Å². The molecule has 4 rings (SSSR count). The molecule has 132 valence electrons. The largest absolute Gasteiger partial charge is 0.436 e. The lowest BCUT2D eigenvalue weighted by atomic mass is 9.94. The van der Waals surface area contributed by atoms with Crippen LogP contribution in [0.15, 0.2) is 61.4 Å². The third kappa shape index (κ3) is 4.21. The standard InChI is InChI=1S/C20H21N5O/c1-4-18(11-22-7-1)26-20-13-23-12-19(24-20)17-3-2-10-25(15-17)14-16-5-8-21-9-6-16/h1,4-9,11-13,17H,2-3,10,14-15H2/t17-/m1/s1. The van der Waals surface area contributed by atoms with E-state index in [0.717, 1.165) is 38.2 Å². The third-order valence-electron chi connectivity index (χ3n) is 4.57. The molecule has 1 atom stereocenters. The minimum absolute atomic E-state index is 0.371. The highest BCUT2D eigenvalue weighted by Crippen LogP contribution is 2.28. The van der Waals surface area contributed by atoms with Crippen LogP contribution in [0.4, 0.5) is 0 Å². The Morgan fingerprint density at radius 1 is 1.00 bits per heavy atom. The van der Waals surface area contributed by atoms with Gasteiger partial charge in [-0.1, -0.05) is 0 Å². The number of hydrogen-bond donors (Lipinski definition) is 0. The van der Waals surface area contributed by atoms with Crippen molar-refractivity contribution in [2.75, 3.05) is 13.1 Å². The number of likely N-dealkylation sites (tertiary alicyclic amines) is 1. The molecular weight excluding hydrogens is 326 g/mol. The van der Waals surface area contributed by atoms with Crippen LogP contribution in [0.3, 0.4) is 0 Å². The highest BCUT2D eigenvalue weighted by molar-refractivity contribution is 5.23. The van der Waals surface area contributed by atoms with Crippen molar-refractivity contribution in [3.63, 3.8) is 0 Å². The molecule has 3 aromatic heterocycles. The maximum atomic E-state index is 5.78. The van der Waals surface area contributed by atoms with Crippen LogP contribution in [0.2, 0.25) is 0 Å². The maximum Gasteiger partial charge on any atom is 0.238 e. The lowest BCUT2D eigenvalue weighted by molar-refractivity contribution is 0.198. The summed E-state index contributed by atoms with van der Waals surface area (Å²) in [7, 11) is 0. The quantitative estimate of drug-likeness (QED) is 0.704. The summed E-state index contributed by atoms with van der Waals surface area (Å²) in [6.07, 6.45) is 12.9. The molecule has 1 saturated heterocycles. The Morgan fingerprint density at radius 2 is 1.92 bits per heavy atom. The van der Waals surface area contributed by atoms with Gasteiger partial charge in [0.15, 0.2) is 0 Å². The molecule has 26 heavy (non-hydrogen) atoms. The molecule has 1 fully saturated rings. The SMILES string of the molecule is c1cncc(Oc2cncc([C@@H]3CCCN(Cc4ccncc4)C3)n2)c1. The molecule has 0 bridgehead atoms. The van der Waals surface area contributed by atoms with E-state index in [-0.39, 0.29) is 0 Å². The van der Waals surface area contributed by atoms with Gasteiger partial charge in [0.25, 0.3) is 0 Å². The molecule has 0 unspecified atom stereocenters. The second-order valence-corrected chi connectivity index (χ2v) is 6.50. The van der Waals surface area contributed by atoms with Crippen molar-refractivity contribution < 1.29 is 4.74 Å². The van der Waals surface area contributed by atoms with E-state index < -0.39 is 0 Å². The van der Waals surface area contributed by atoms with E-state index in [1.807, 2.05) is 30.7 Å². The van der Waals surface area contributed by atoms with Crippen LogP contribution in [0, 0.1) is 0 Å². The van der Waals surface area contributed by atoms with Gasteiger partial charge in [0.05, 0.1) is 18.1 Å². The number of aromatic nitrogens is 4. The minimum Gasteiger partial charge on any atom is -0.436 e. The number of nitrogens with zero attached hydrogens (tertiary/aromatic N) is 5. The van der Waals surface area contributed by atoms with Gasteiger partial charge in [-0.3, -0.25) is 19.9 Å². The first-order chi connectivity index (χ1) is 12.9. The van der Waals surface area contributed by atoms with Crippen LogP contribution >= 0.6 is 0 Å². The van der Waals surface area contributed by atoms with Gasteiger partial charge >= 0.3 is 0 Å². The van der Waals surface area contributed by atoms with Crippen molar-refractivity contribution in [1.29, 1.82) is 0 Å². The van der Waals surface area contributed by atoms with Crippen LogP contribution in [0.5, 0.6) is 11.6 Å². The van der Waals surface area contributed by atoms with E-state index in [4.69, 9.17) is 4.74 Å². The van der Waals surface area contributed by atoms with Gasteiger partial charge in [-0.15, -0.1) is 0 Å². The highest BCUT2D eigenvalue weighted by Gasteiger charge is 2.23.